The van der Waals surface area contributed by atoms with Crippen molar-refractivity contribution in [2.75, 3.05) is 26.7 Å². The zero-order valence-corrected chi connectivity index (χ0v) is 18.0. The summed E-state index contributed by atoms with van der Waals surface area (Å²) in [6.45, 7) is 3.45. The maximum atomic E-state index is 13.7. The van der Waals surface area contributed by atoms with E-state index in [1.165, 1.54) is 0 Å². The number of aromatic nitrogens is 1. The minimum absolute atomic E-state index is 0. The van der Waals surface area contributed by atoms with Gasteiger partial charge in [0, 0.05) is 36.8 Å². The molecule has 1 unspecified atom stereocenters. The molecule has 3 aromatic rings. The van der Waals surface area contributed by atoms with Gasteiger partial charge in [0.1, 0.15) is 10.6 Å². The van der Waals surface area contributed by atoms with Crippen molar-refractivity contribution >= 4 is 33.3 Å². The van der Waals surface area contributed by atoms with Crippen molar-refractivity contribution in [3.63, 3.8) is 0 Å². The fourth-order valence-corrected chi connectivity index (χ4v) is 5.53. The Morgan fingerprint density at radius 3 is 2.76 bits per heavy atom. The number of rotatable bonds is 4. The van der Waals surface area contributed by atoms with Gasteiger partial charge in [0.25, 0.3) is 0 Å². The molecular formula is C21H24ClN3O3S. The number of pyridine rings is 1. The monoisotopic (exact) mass is 433 g/mol. The first-order valence-corrected chi connectivity index (χ1v) is 10.7. The van der Waals surface area contributed by atoms with Crippen molar-refractivity contribution in [1.29, 1.82) is 0 Å². The van der Waals surface area contributed by atoms with E-state index in [2.05, 4.69) is 10.3 Å². The van der Waals surface area contributed by atoms with Crippen LogP contribution in [-0.4, -0.2) is 44.5 Å². The smallest absolute Gasteiger partial charge is 0.245 e. The molecule has 0 aliphatic carbocycles. The molecule has 1 saturated heterocycles. The van der Waals surface area contributed by atoms with Crippen LogP contribution in [0.5, 0.6) is 5.75 Å². The van der Waals surface area contributed by atoms with E-state index in [4.69, 9.17) is 4.74 Å². The number of halogens is 1. The molecule has 2 aromatic carbocycles. The van der Waals surface area contributed by atoms with Crippen LogP contribution in [0.2, 0.25) is 0 Å². The first-order chi connectivity index (χ1) is 13.5. The van der Waals surface area contributed by atoms with Gasteiger partial charge in [-0.2, -0.15) is 4.31 Å². The summed E-state index contributed by atoms with van der Waals surface area (Å²) in [5.41, 5.74) is 2.35. The fraction of sp³-hybridized carbons (Fsp3) is 0.286. The van der Waals surface area contributed by atoms with Crippen LogP contribution in [-0.2, 0) is 10.0 Å². The summed E-state index contributed by atoms with van der Waals surface area (Å²) in [4.78, 5) is 4.67. The molecule has 1 fully saturated rings. The van der Waals surface area contributed by atoms with E-state index in [1.807, 2.05) is 43.3 Å². The third kappa shape index (κ3) is 3.96. The molecule has 8 heteroatoms. The van der Waals surface area contributed by atoms with Crippen molar-refractivity contribution in [3.05, 3.63) is 65.9 Å². The minimum atomic E-state index is -3.75. The van der Waals surface area contributed by atoms with Crippen LogP contribution >= 0.6 is 12.4 Å². The minimum Gasteiger partial charge on any atom is -0.496 e. The molecule has 1 atom stereocenters. The molecule has 2 heterocycles. The number of aryl methyl sites for hydroxylation is 1. The second kappa shape index (κ2) is 8.67. The number of methoxy groups -OCH3 is 1. The lowest BCUT2D eigenvalue weighted by atomic mass is 10.0. The van der Waals surface area contributed by atoms with Crippen LogP contribution in [0.15, 0.2) is 59.6 Å². The molecule has 1 N–H and O–H groups in total. The summed E-state index contributed by atoms with van der Waals surface area (Å²) in [6, 6.07) is 14.5. The fourth-order valence-electron chi connectivity index (χ4n) is 3.76. The molecule has 1 aliphatic rings. The van der Waals surface area contributed by atoms with Crippen molar-refractivity contribution in [2.45, 2.75) is 17.9 Å². The number of para-hydroxylation sites is 2. The highest BCUT2D eigenvalue weighted by molar-refractivity contribution is 7.89. The van der Waals surface area contributed by atoms with Crippen LogP contribution in [0, 0.1) is 6.92 Å². The zero-order valence-electron chi connectivity index (χ0n) is 16.3. The highest BCUT2D eigenvalue weighted by atomic mass is 35.5. The highest BCUT2D eigenvalue weighted by Crippen LogP contribution is 2.35. The molecule has 1 aliphatic heterocycles. The standard InChI is InChI=1S/C21H23N3O3S.ClH/c1-15-12-16-6-5-9-20(21(16)23-13-15)28(25,26)24-11-10-22-14-18(24)17-7-3-4-8-19(17)27-2;/h3-9,12-13,18,22H,10-11,14H2,1-2H3;1H. The van der Waals surface area contributed by atoms with Crippen LogP contribution in [0.1, 0.15) is 17.2 Å². The number of hydrogen-bond donors (Lipinski definition) is 1. The van der Waals surface area contributed by atoms with E-state index < -0.39 is 10.0 Å². The van der Waals surface area contributed by atoms with Gasteiger partial charge in [0.05, 0.1) is 18.7 Å². The van der Waals surface area contributed by atoms with Gasteiger partial charge in [0.2, 0.25) is 10.0 Å². The van der Waals surface area contributed by atoms with Crippen molar-refractivity contribution < 1.29 is 13.2 Å². The van der Waals surface area contributed by atoms with Gasteiger partial charge >= 0.3 is 0 Å². The number of hydrogen-bond acceptors (Lipinski definition) is 5. The Balaban J connectivity index is 0.00000240. The van der Waals surface area contributed by atoms with E-state index in [0.717, 1.165) is 16.5 Å². The Morgan fingerprint density at radius 1 is 1.17 bits per heavy atom. The normalized spacial score (nSPS) is 17.7. The average molecular weight is 434 g/mol. The van der Waals surface area contributed by atoms with E-state index >= 15 is 0 Å². The lowest BCUT2D eigenvalue weighted by Gasteiger charge is -2.36. The Kier molecular flexibility index (Phi) is 6.43. The van der Waals surface area contributed by atoms with Gasteiger partial charge in [-0.25, -0.2) is 8.42 Å². The van der Waals surface area contributed by atoms with E-state index in [-0.39, 0.29) is 23.3 Å². The highest BCUT2D eigenvalue weighted by Gasteiger charge is 2.36. The van der Waals surface area contributed by atoms with Crippen molar-refractivity contribution in [1.82, 2.24) is 14.6 Å². The van der Waals surface area contributed by atoms with Crippen LogP contribution < -0.4 is 10.1 Å². The molecule has 4 rings (SSSR count). The zero-order chi connectivity index (χ0) is 19.7. The number of benzene rings is 2. The number of nitrogens with one attached hydrogen (secondary N) is 1. The maximum Gasteiger partial charge on any atom is 0.245 e. The third-order valence-corrected chi connectivity index (χ3v) is 7.03. The summed E-state index contributed by atoms with van der Waals surface area (Å²) in [6.07, 6.45) is 1.71. The molecule has 29 heavy (non-hydrogen) atoms. The van der Waals surface area contributed by atoms with Gasteiger partial charge < -0.3 is 10.1 Å². The summed E-state index contributed by atoms with van der Waals surface area (Å²) < 4.78 is 34.4. The lowest BCUT2D eigenvalue weighted by Crippen LogP contribution is -2.48. The lowest BCUT2D eigenvalue weighted by molar-refractivity contribution is 0.265. The molecular weight excluding hydrogens is 410 g/mol. The summed E-state index contributed by atoms with van der Waals surface area (Å²) in [5, 5.41) is 4.13. The van der Waals surface area contributed by atoms with Gasteiger partial charge in [-0.3, -0.25) is 4.98 Å². The number of nitrogens with zero attached hydrogens (tertiary/aromatic N) is 2. The van der Waals surface area contributed by atoms with E-state index in [0.29, 0.717) is 30.9 Å². The molecule has 0 spiro atoms. The summed E-state index contributed by atoms with van der Waals surface area (Å²) in [5.74, 6) is 0.683. The Bertz CT molecular complexity index is 1120. The van der Waals surface area contributed by atoms with Crippen molar-refractivity contribution in [2.24, 2.45) is 0 Å². The molecule has 154 valence electrons. The Morgan fingerprint density at radius 2 is 1.97 bits per heavy atom. The van der Waals surface area contributed by atoms with Crippen LogP contribution in [0.25, 0.3) is 10.9 Å². The Labute approximate surface area is 177 Å². The third-order valence-electron chi connectivity index (χ3n) is 5.09. The number of fused-ring (bicyclic) bond motifs is 1. The average Bonchev–Trinajstić information content (AvgIpc) is 2.73. The van der Waals surface area contributed by atoms with Gasteiger partial charge in [-0.05, 0) is 30.7 Å². The van der Waals surface area contributed by atoms with E-state index in [1.54, 1.807) is 29.7 Å². The number of piperazine rings is 1. The SMILES string of the molecule is COc1ccccc1C1CNCCN1S(=O)(=O)c1cccc2cc(C)cnc12.Cl. The first-order valence-electron chi connectivity index (χ1n) is 9.23. The van der Waals surface area contributed by atoms with Gasteiger partial charge in [0.15, 0.2) is 0 Å². The summed E-state index contributed by atoms with van der Waals surface area (Å²) >= 11 is 0. The predicted octanol–water partition coefficient (Wildman–Crippen LogP) is 3.31. The van der Waals surface area contributed by atoms with Gasteiger partial charge in [-0.15, -0.1) is 12.4 Å². The number of ether oxygens (including phenoxy) is 1. The molecule has 0 saturated carbocycles. The quantitative estimate of drug-likeness (QED) is 0.683. The summed E-state index contributed by atoms with van der Waals surface area (Å²) in [7, 11) is -2.15. The largest absolute Gasteiger partial charge is 0.496 e. The second-order valence-electron chi connectivity index (χ2n) is 6.92. The topological polar surface area (TPSA) is 71.5 Å². The predicted molar refractivity (Wildman–Crippen MR) is 116 cm³/mol. The number of sulfonamides is 1. The molecule has 0 radical (unpaired) electrons. The Hall–Kier alpha value is -2.19. The first kappa shape index (κ1) is 21.5. The van der Waals surface area contributed by atoms with Crippen molar-refractivity contribution in [3.8, 4) is 5.75 Å². The van der Waals surface area contributed by atoms with E-state index in [9.17, 15) is 8.42 Å². The molecule has 0 bridgehead atoms. The molecule has 1 aromatic heterocycles. The molecule has 0 amide bonds. The van der Waals surface area contributed by atoms with Crippen LogP contribution in [0.3, 0.4) is 0 Å². The van der Waals surface area contributed by atoms with Gasteiger partial charge in [-0.1, -0.05) is 30.3 Å². The van der Waals surface area contributed by atoms with Crippen LogP contribution in [0.4, 0.5) is 0 Å². The maximum absolute atomic E-state index is 13.7. The molecule has 6 nitrogen and oxygen atoms in total. The second-order valence-corrected chi connectivity index (χ2v) is 8.78.